The number of likely N-dealkylation sites (tertiary alicyclic amines) is 1. The second-order valence-corrected chi connectivity index (χ2v) is 6.58. The second kappa shape index (κ2) is 9.94. The Hall–Kier alpha value is -1.80. The van der Waals surface area contributed by atoms with Crippen molar-refractivity contribution in [2.24, 2.45) is 5.92 Å². The fraction of sp³-hybridized carbons (Fsp3) is 0.556. The van der Waals surface area contributed by atoms with Crippen LogP contribution in [0.3, 0.4) is 0 Å². The average Bonchev–Trinajstić information content (AvgIpc) is 2.93. The van der Waals surface area contributed by atoms with Gasteiger partial charge in [0.05, 0.1) is 11.5 Å². The first-order valence-corrected chi connectivity index (χ1v) is 8.65. The van der Waals surface area contributed by atoms with Crippen LogP contribution in [-0.2, 0) is 22.3 Å². The highest BCUT2D eigenvalue weighted by atomic mass is 35.5. The molecule has 1 saturated heterocycles. The monoisotopic (exact) mass is 407 g/mol. The van der Waals surface area contributed by atoms with Crippen LogP contribution in [0.25, 0.3) is 0 Å². The molecule has 0 aliphatic carbocycles. The first-order chi connectivity index (χ1) is 12.2. The van der Waals surface area contributed by atoms with Crippen LogP contribution < -0.4 is 10.6 Å². The Morgan fingerprint density at radius 2 is 2.07 bits per heavy atom. The first-order valence-electron chi connectivity index (χ1n) is 8.65. The second-order valence-electron chi connectivity index (χ2n) is 6.58. The van der Waals surface area contributed by atoms with Crippen molar-refractivity contribution >= 4 is 24.2 Å². The number of carbonyl (C=O) groups excluding carboxylic acids is 2. The summed E-state index contributed by atoms with van der Waals surface area (Å²) >= 11 is 0. The third kappa shape index (κ3) is 6.70. The molecule has 0 saturated carbocycles. The highest BCUT2D eigenvalue weighted by Crippen LogP contribution is 2.30. The summed E-state index contributed by atoms with van der Waals surface area (Å²) < 4.78 is 38.4. The van der Waals surface area contributed by atoms with Gasteiger partial charge in [0, 0.05) is 32.1 Å². The summed E-state index contributed by atoms with van der Waals surface area (Å²) in [5.74, 6) is -0.890. The minimum Gasteiger partial charge on any atom is -0.354 e. The van der Waals surface area contributed by atoms with Crippen LogP contribution in [0, 0.1) is 5.92 Å². The standard InChI is InChI=1S/C18H24F3N3O2.ClH/c1-3-22-12(2)9-23-17(26)14-8-16(25)24(11-14)10-13-5-4-6-15(7-13)18(19,20)21;/h4-7,12,14,22H,3,8-11H2,1-2H3,(H,23,26);1H/t12-,14?;/m1./s1. The Balaban J connectivity index is 0.00000364. The smallest absolute Gasteiger partial charge is 0.354 e. The molecule has 0 bridgehead atoms. The van der Waals surface area contributed by atoms with Crippen LogP contribution in [0.4, 0.5) is 13.2 Å². The van der Waals surface area contributed by atoms with Crippen LogP contribution in [0.15, 0.2) is 24.3 Å². The highest BCUT2D eigenvalue weighted by molar-refractivity contribution is 5.89. The average molecular weight is 408 g/mol. The van der Waals surface area contributed by atoms with Crippen molar-refractivity contribution in [3.63, 3.8) is 0 Å². The van der Waals surface area contributed by atoms with E-state index in [2.05, 4.69) is 10.6 Å². The quantitative estimate of drug-likeness (QED) is 0.730. The number of hydrogen-bond donors (Lipinski definition) is 2. The van der Waals surface area contributed by atoms with Gasteiger partial charge in [-0.2, -0.15) is 13.2 Å². The van der Waals surface area contributed by atoms with E-state index in [9.17, 15) is 22.8 Å². The zero-order valence-corrected chi connectivity index (χ0v) is 16.1. The van der Waals surface area contributed by atoms with Gasteiger partial charge in [0.1, 0.15) is 0 Å². The van der Waals surface area contributed by atoms with Gasteiger partial charge < -0.3 is 15.5 Å². The van der Waals surface area contributed by atoms with E-state index in [1.54, 1.807) is 6.07 Å². The van der Waals surface area contributed by atoms with Crippen LogP contribution in [0.1, 0.15) is 31.4 Å². The molecule has 152 valence electrons. The van der Waals surface area contributed by atoms with Crippen LogP contribution in [0.5, 0.6) is 0 Å². The molecule has 2 N–H and O–H groups in total. The van der Waals surface area contributed by atoms with E-state index in [0.717, 1.165) is 18.7 Å². The molecule has 27 heavy (non-hydrogen) atoms. The van der Waals surface area contributed by atoms with E-state index in [-0.39, 0.29) is 49.8 Å². The molecular formula is C18H25ClF3N3O2. The van der Waals surface area contributed by atoms with Crippen LogP contribution >= 0.6 is 12.4 Å². The lowest BCUT2D eigenvalue weighted by molar-refractivity contribution is -0.137. The predicted molar refractivity (Wildman–Crippen MR) is 98.4 cm³/mol. The molecule has 1 unspecified atom stereocenters. The number of hydrogen-bond acceptors (Lipinski definition) is 3. The fourth-order valence-electron chi connectivity index (χ4n) is 2.99. The molecule has 0 spiro atoms. The predicted octanol–water partition coefficient (Wildman–Crippen LogP) is 2.59. The molecule has 2 atom stereocenters. The molecule has 5 nitrogen and oxygen atoms in total. The molecule has 1 heterocycles. The van der Waals surface area contributed by atoms with Crippen molar-refractivity contribution < 1.29 is 22.8 Å². The largest absolute Gasteiger partial charge is 0.416 e. The van der Waals surface area contributed by atoms with Gasteiger partial charge in [-0.25, -0.2) is 0 Å². The maximum atomic E-state index is 12.8. The topological polar surface area (TPSA) is 61.4 Å². The van der Waals surface area contributed by atoms with Crippen molar-refractivity contribution in [1.29, 1.82) is 0 Å². The summed E-state index contributed by atoms with van der Waals surface area (Å²) in [4.78, 5) is 25.8. The van der Waals surface area contributed by atoms with E-state index in [0.29, 0.717) is 12.1 Å². The number of likely N-dealkylation sites (N-methyl/N-ethyl adjacent to an activating group) is 1. The zero-order chi connectivity index (χ0) is 19.3. The van der Waals surface area contributed by atoms with Gasteiger partial charge in [-0.1, -0.05) is 19.1 Å². The Morgan fingerprint density at radius 3 is 2.70 bits per heavy atom. The van der Waals surface area contributed by atoms with Gasteiger partial charge >= 0.3 is 6.18 Å². The van der Waals surface area contributed by atoms with Gasteiger partial charge in [0.15, 0.2) is 0 Å². The number of rotatable bonds is 7. The molecule has 1 aromatic carbocycles. The molecule has 1 fully saturated rings. The normalized spacial score (nSPS) is 18.2. The zero-order valence-electron chi connectivity index (χ0n) is 15.3. The van der Waals surface area contributed by atoms with E-state index in [1.807, 2.05) is 13.8 Å². The summed E-state index contributed by atoms with van der Waals surface area (Å²) in [5, 5.41) is 5.99. The lowest BCUT2D eigenvalue weighted by atomic mass is 10.1. The summed E-state index contributed by atoms with van der Waals surface area (Å²) in [5.41, 5.74) is -0.344. The van der Waals surface area contributed by atoms with Gasteiger partial charge in [-0.3, -0.25) is 9.59 Å². The minimum absolute atomic E-state index is 0. The number of benzene rings is 1. The molecule has 0 radical (unpaired) electrons. The third-order valence-corrected chi connectivity index (χ3v) is 4.35. The molecule has 1 aliphatic heterocycles. The Bertz CT molecular complexity index is 655. The molecule has 1 aliphatic rings. The Morgan fingerprint density at radius 1 is 1.37 bits per heavy atom. The summed E-state index contributed by atoms with van der Waals surface area (Å²) in [6, 6.07) is 5.04. The lowest BCUT2D eigenvalue weighted by Gasteiger charge is -2.18. The number of carbonyl (C=O) groups is 2. The van der Waals surface area contributed by atoms with Gasteiger partial charge in [0.2, 0.25) is 11.8 Å². The molecule has 9 heteroatoms. The Labute approximate surface area is 163 Å². The van der Waals surface area contributed by atoms with E-state index in [1.165, 1.54) is 11.0 Å². The number of alkyl halides is 3. The SMILES string of the molecule is CCN[C@H](C)CNC(=O)C1CC(=O)N(Cc2cccc(C(F)(F)F)c2)C1.Cl. The van der Waals surface area contributed by atoms with Gasteiger partial charge in [0.25, 0.3) is 0 Å². The van der Waals surface area contributed by atoms with Crippen molar-refractivity contribution in [2.45, 2.75) is 39.0 Å². The number of amides is 2. The van der Waals surface area contributed by atoms with Gasteiger partial charge in [-0.15, -0.1) is 12.4 Å². The molecule has 2 amide bonds. The van der Waals surface area contributed by atoms with Crippen molar-refractivity contribution in [3.8, 4) is 0 Å². The van der Waals surface area contributed by atoms with Crippen LogP contribution in [0.2, 0.25) is 0 Å². The molecule has 2 rings (SSSR count). The molecular weight excluding hydrogens is 383 g/mol. The minimum atomic E-state index is -4.42. The van der Waals surface area contributed by atoms with Crippen molar-refractivity contribution in [3.05, 3.63) is 35.4 Å². The lowest BCUT2D eigenvalue weighted by Crippen LogP contribution is -2.41. The van der Waals surface area contributed by atoms with Crippen molar-refractivity contribution in [1.82, 2.24) is 15.5 Å². The summed E-state index contributed by atoms with van der Waals surface area (Å²) in [7, 11) is 0. The molecule has 0 aromatic heterocycles. The summed E-state index contributed by atoms with van der Waals surface area (Å²) in [6.45, 7) is 5.47. The van der Waals surface area contributed by atoms with Crippen LogP contribution in [-0.4, -0.2) is 42.4 Å². The fourth-order valence-corrected chi connectivity index (χ4v) is 2.99. The number of nitrogens with one attached hydrogen (secondary N) is 2. The van der Waals surface area contributed by atoms with Gasteiger partial charge in [-0.05, 0) is 31.2 Å². The van der Waals surface area contributed by atoms with E-state index < -0.39 is 17.7 Å². The maximum Gasteiger partial charge on any atom is 0.416 e. The molecule has 1 aromatic rings. The first kappa shape index (κ1) is 23.2. The number of halogens is 4. The highest BCUT2D eigenvalue weighted by Gasteiger charge is 2.35. The number of nitrogens with zero attached hydrogens (tertiary/aromatic N) is 1. The van der Waals surface area contributed by atoms with E-state index >= 15 is 0 Å². The third-order valence-electron chi connectivity index (χ3n) is 4.35. The summed E-state index contributed by atoms with van der Waals surface area (Å²) in [6.07, 6.45) is -4.34. The maximum absolute atomic E-state index is 12.8. The Kier molecular flexibility index (Phi) is 8.56. The van der Waals surface area contributed by atoms with E-state index in [4.69, 9.17) is 0 Å². The van der Waals surface area contributed by atoms with Crippen molar-refractivity contribution in [2.75, 3.05) is 19.6 Å².